The van der Waals surface area contributed by atoms with Gasteiger partial charge in [-0.15, -0.1) is 5.10 Å². The molecule has 0 fully saturated rings. The van der Waals surface area contributed by atoms with Crippen LogP contribution in [0.5, 0.6) is 0 Å². The number of carbonyl (C=O) groups excluding carboxylic acids is 1. The number of aryl methyl sites for hydroxylation is 1. The predicted molar refractivity (Wildman–Crippen MR) is 52.6 cm³/mol. The monoisotopic (exact) mass is 196 g/mol. The minimum Gasteiger partial charge on any atom is -0.321 e. The van der Waals surface area contributed by atoms with Crippen molar-refractivity contribution < 1.29 is 4.79 Å². The summed E-state index contributed by atoms with van der Waals surface area (Å²) in [6, 6.07) is -0.359. The molecule has 1 heterocycles. The summed E-state index contributed by atoms with van der Waals surface area (Å²) < 4.78 is 1.58. The average Bonchev–Trinajstić information content (AvgIpc) is 2.51. The van der Waals surface area contributed by atoms with E-state index in [0.717, 1.165) is 12.8 Å². The van der Waals surface area contributed by atoms with E-state index in [-0.39, 0.29) is 18.2 Å². The van der Waals surface area contributed by atoms with Crippen molar-refractivity contribution in [2.45, 2.75) is 32.2 Å². The Hall–Kier alpha value is -1.23. The number of aromatic nitrogens is 3. The van der Waals surface area contributed by atoms with Crippen molar-refractivity contribution in [2.24, 2.45) is 12.8 Å². The normalized spacial score (nSPS) is 12.8. The van der Waals surface area contributed by atoms with Gasteiger partial charge in [0.25, 0.3) is 0 Å². The van der Waals surface area contributed by atoms with Crippen molar-refractivity contribution in [3.05, 3.63) is 11.9 Å². The van der Waals surface area contributed by atoms with Crippen molar-refractivity contribution in [3.8, 4) is 0 Å². The van der Waals surface area contributed by atoms with Gasteiger partial charge < -0.3 is 5.73 Å². The minimum atomic E-state index is -0.359. The first-order valence-corrected chi connectivity index (χ1v) is 4.77. The molecule has 1 rings (SSSR count). The number of rotatable bonds is 5. The molecular formula is C9H16N4O. The molecule has 0 radical (unpaired) electrons. The smallest absolute Gasteiger partial charge is 0.155 e. The average molecular weight is 196 g/mol. The van der Waals surface area contributed by atoms with Gasteiger partial charge in [0.15, 0.2) is 5.78 Å². The molecule has 0 aromatic carbocycles. The molecule has 1 unspecified atom stereocenters. The van der Waals surface area contributed by atoms with E-state index in [9.17, 15) is 4.79 Å². The summed E-state index contributed by atoms with van der Waals surface area (Å²) in [5, 5.41) is 7.58. The zero-order valence-electron chi connectivity index (χ0n) is 8.60. The predicted octanol–water partition coefficient (Wildman–Crippen LogP) is 0.0541. The highest BCUT2D eigenvalue weighted by Gasteiger charge is 2.14. The second-order valence-electron chi connectivity index (χ2n) is 3.42. The summed E-state index contributed by atoms with van der Waals surface area (Å²) in [7, 11) is 1.77. The highest BCUT2D eigenvalue weighted by Crippen LogP contribution is 2.00. The molecule has 1 atom stereocenters. The molecule has 0 aliphatic rings. The van der Waals surface area contributed by atoms with E-state index in [1.54, 1.807) is 17.9 Å². The zero-order valence-corrected chi connectivity index (χ0v) is 8.60. The maximum absolute atomic E-state index is 11.5. The Morgan fingerprint density at radius 2 is 2.43 bits per heavy atom. The van der Waals surface area contributed by atoms with E-state index in [2.05, 4.69) is 10.3 Å². The molecule has 78 valence electrons. The SMILES string of the molecule is CCCC(N)C(=O)Cc1cn(C)nn1. The molecule has 0 saturated heterocycles. The second-order valence-corrected chi connectivity index (χ2v) is 3.42. The van der Waals surface area contributed by atoms with Crippen LogP contribution in [0.15, 0.2) is 6.20 Å². The molecule has 2 N–H and O–H groups in total. The number of hydrogen-bond donors (Lipinski definition) is 1. The molecular weight excluding hydrogens is 180 g/mol. The van der Waals surface area contributed by atoms with Gasteiger partial charge in [0.05, 0.1) is 18.2 Å². The Morgan fingerprint density at radius 3 is 2.93 bits per heavy atom. The van der Waals surface area contributed by atoms with Crippen LogP contribution < -0.4 is 5.73 Å². The molecule has 0 amide bonds. The molecule has 0 bridgehead atoms. The third-order valence-electron chi connectivity index (χ3n) is 2.02. The molecule has 5 heteroatoms. The van der Waals surface area contributed by atoms with E-state index < -0.39 is 0 Å². The van der Waals surface area contributed by atoms with E-state index in [0.29, 0.717) is 5.69 Å². The first-order chi connectivity index (χ1) is 6.63. The molecule has 14 heavy (non-hydrogen) atoms. The molecule has 0 saturated carbocycles. The maximum atomic E-state index is 11.5. The van der Waals surface area contributed by atoms with Gasteiger partial charge in [0.1, 0.15) is 0 Å². The fraction of sp³-hybridized carbons (Fsp3) is 0.667. The van der Waals surface area contributed by atoms with Crippen molar-refractivity contribution in [3.63, 3.8) is 0 Å². The highest BCUT2D eigenvalue weighted by molar-refractivity contribution is 5.85. The maximum Gasteiger partial charge on any atom is 0.155 e. The van der Waals surface area contributed by atoms with E-state index in [4.69, 9.17) is 5.73 Å². The van der Waals surface area contributed by atoms with E-state index in [1.165, 1.54) is 0 Å². The fourth-order valence-electron chi connectivity index (χ4n) is 1.26. The molecule has 0 aliphatic heterocycles. The number of nitrogens with zero attached hydrogens (tertiary/aromatic N) is 3. The molecule has 5 nitrogen and oxygen atoms in total. The zero-order chi connectivity index (χ0) is 10.6. The third kappa shape index (κ3) is 2.92. The summed E-state index contributed by atoms with van der Waals surface area (Å²) in [6.45, 7) is 2.01. The third-order valence-corrected chi connectivity index (χ3v) is 2.02. The molecule has 0 spiro atoms. The Morgan fingerprint density at radius 1 is 1.71 bits per heavy atom. The molecule has 1 aromatic rings. The number of ketones is 1. The fourth-order valence-corrected chi connectivity index (χ4v) is 1.26. The summed E-state index contributed by atoms with van der Waals surface area (Å²) >= 11 is 0. The minimum absolute atomic E-state index is 0.0346. The van der Waals surface area contributed by atoms with Gasteiger partial charge in [-0.05, 0) is 6.42 Å². The van der Waals surface area contributed by atoms with Crippen molar-refractivity contribution in [1.29, 1.82) is 0 Å². The van der Waals surface area contributed by atoms with Gasteiger partial charge in [-0.1, -0.05) is 18.6 Å². The van der Waals surface area contributed by atoms with E-state index >= 15 is 0 Å². The van der Waals surface area contributed by atoms with Crippen LogP contribution in [-0.2, 0) is 18.3 Å². The number of hydrogen-bond acceptors (Lipinski definition) is 4. The number of carbonyl (C=O) groups is 1. The topological polar surface area (TPSA) is 73.8 Å². The lowest BCUT2D eigenvalue weighted by atomic mass is 10.0. The van der Waals surface area contributed by atoms with Gasteiger partial charge in [0.2, 0.25) is 0 Å². The quantitative estimate of drug-likeness (QED) is 0.722. The highest BCUT2D eigenvalue weighted by atomic mass is 16.1. The van der Waals surface area contributed by atoms with Gasteiger partial charge in [-0.2, -0.15) is 0 Å². The summed E-state index contributed by atoms with van der Waals surface area (Å²) in [5.74, 6) is 0.0346. The van der Waals surface area contributed by atoms with Crippen LogP contribution in [0.2, 0.25) is 0 Å². The molecule has 1 aromatic heterocycles. The standard InChI is InChI=1S/C9H16N4O/c1-3-4-8(10)9(14)5-7-6-13(2)12-11-7/h6,8H,3-5,10H2,1-2H3. The second kappa shape index (κ2) is 4.85. The Labute approximate surface area is 83.3 Å². The van der Waals surface area contributed by atoms with Crippen LogP contribution in [0, 0.1) is 0 Å². The Kier molecular flexibility index (Phi) is 3.76. The largest absolute Gasteiger partial charge is 0.321 e. The van der Waals surface area contributed by atoms with Crippen molar-refractivity contribution in [1.82, 2.24) is 15.0 Å². The summed E-state index contributed by atoms with van der Waals surface area (Å²) in [5.41, 5.74) is 6.36. The Bertz CT molecular complexity index is 308. The van der Waals surface area contributed by atoms with Gasteiger partial charge >= 0.3 is 0 Å². The van der Waals surface area contributed by atoms with Crippen LogP contribution in [-0.4, -0.2) is 26.8 Å². The number of Topliss-reactive ketones (excluding diaryl/α,β-unsaturated/α-hetero) is 1. The van der Waals surface area contributed by atoms with Crippen LogP contribution in [0.4, 0.5) is 0 Å². The first kappa shape index (κ1) is 10.8. The first-order valence-electron chi connectivity index (χ1n) is 4.77. The van der Waals surface area contributed by atoms with Crippen LogP contribution >= 0.6 is 0 Å². The lowest BCUT2D eigenvalue weighted by Gasteiger charge is -2.06. The summed E-state index contributed by atoms with van der Waals surface area (Å²) in [4.78, 5) is 11.5. The lowest BCUT2D eigenvalue weighted by Crippen LogP contribution is -2.31. The number of nitrogens with two attached hydrogens (primary N) is 1. The van der Waals surface area contributed by atoms with Crippen molar-refractivity contribution in [2.75, 3.05) is 0 Å². The van der Waals surface area contributed by atoms with Crippen LogP contribution in [0.25, 0.3) is 0 Å². The summed E-state index contributed by atoms with van der Waals surface area (Å²) in [6.07, 6.45) is 3.68. The van der Waals surface area contributed by atoms with Crippen LogP contribution in [0.3, 0.4) is 0 Å². The van der Waals surface area contributed by atoms with Gasteiger partial charge in [-0.25, -0.2) is 0 Å². The van der Waals surface area contributed by atoms with E-state index in [1.807, 2.05) is 6.92 Å². The Balaban J connectivity index is 2.48. The molecule has 0 aliphatic carbocycles. The van der Waals surface area contributed by atoms with Gasteiger partial charge in [0, 0.05) is 13.2 Å². The van der Waals surface area contributed by atoms with Crippen LogP contribution in [0.1, 0.15) is 25.5 Å². The van der Waals surface area contributed by atoms with Crippen molar-refractivity contribution >= 4 is 5.78 Å². The lowest BCUT2D eigenvalue weighted by molar-refractivity contribution is -0.119. The van der Waals surface area contributed by atoms with Gasteiger partial charge in [-0.3, -0.25) is 9.48 Å².